The number of nitriles is 6. The van der Waals surface area contributed by atoms with Crippen molar-refractivity contribution < 1.29 is 15.3 Å². The van der Waals surface area contributed by atoms with Crippen molar-refractivity contribution in [1.82, 2.24) is 100 Å². The van der Waals surface area contributed by atoms with Gasteiger partial charge in [-0.05, 0) is 108 Å². The maximum absolute atomic E-state index is 9.99. The van der Waals surface area contributed by atoms with Crippen molar-refractivity contribution in [1.29, 1.82) is 31.6 Å². The van der Waals surface area contributed by atoms with Gasteiger partial charge in [0.25, 0.3) is 0 Å². The van der Waals surface area contributed by atoms with E-state index in [2.05, 4.69) is 173 Å². The number of aromatic nitrogens is 18. The molecule has 13 N–H and O–H groups in total. The second kappa shape index (κ2) is 39.9. The van der Waals surface area contributed by atoms with Crippen LogP contribution in [0.4, 0.5) is 34.1 Å². The monoisotopic (exact) mass is 1960 g/mol. The van der Waals surface area contributed by atoms with Gasteiger partial charge >= 0.3 is 0 Å². The van der Waals surface area contributed by atoms with Crippen LogP contribution in [0.15, 0.2) is 111 Å². The summed E-state index contributed by atoms with van der Waals surface area (Å²) in [5.41, 5.74) is 23.2. The van der Waals surface area contributed by atoms with Gasteiger partial charge in [0.1, 0.15) is 104 Å². The van der Waals surface area contributed by atoms with Crippen LogP contribution in [-0.4, -0.2) is 234 Å². The molecule has 42 heteroatoms. The number of anilines is 6. The van der Waals surface area contributed by atoms with Crippen LogP contribution in [0.25, 0.3) is 132 Å². The Bertz CT molecular complexity index is 7780. The molecule has 696 valence electrons. The van der Waals surface area contributed by atoms with Crippen LogP contribution in [0.5, 0.6) is 0 Å². The van der Waals surface area contributed by atoms with Gasteiger partial charge in [0.15, 0.2) is 0 Å². The topological polar surface area (TPSA) is 522 Å². The van der Waals surface area contributed by atoms with Gasteiger partial charge in [-0.1, -0.05) is 76.5 Å². The van der Waals surface area contributed by atoms with Crippen molar-refractivity contribution in [2.24, 2.45) is 5.73 Å². The zero-order valence-corrected chi connectivity index (χ0v) is 78.9. The number of nitrogens with two attached hydrogens (primary N) is 1. The fourth-order valence-electron chi connectivity index (χ4n) is 19.5. The first kappa shape index (κ1) is 92.9. The molecule has 18 aromatic rings. The molecule has 0 bridgehead atoms. The average molecular weight is 1960 g/mol. The first-order valence-corrected chi connectivity index (χ1v) is 47.2. The molecular weight excluding hydrogens is 1880 g/mol. The lowest BCUT2D eigenvalue weighted by Gasteiger charge is -2.33. The molecule has 0 unspecified atom stereocenters. The van der Waals surface area contributed by atoms with Gasteiger partial charge in [0.05, 0.1) is 222 Å². The predicted molar refractivity (Wildman–Crippen MR) is 538 cm³/mol. The van der Waals surface area contributed by atoms with Crippen LogP contribution >= 0.6 is 69.6 Å². The number of aromatic amines is 6. The molecule has 24 rings (SSSR count). The van der Waals surface area contributed by atoms with Gasteiger partial charge < -0.3 is 91.0 Å². The van der Waals surface area contributed by atoms with E-state index in [0.717, 1.165) is 271 Å². The van der Waals surface area contributed by atoms with E-state index in [9.17, 15) is 15.3 Å². The van der Waals surface area contributed by atoms with E-state index in [1.54, 1.807) is 111 Å². The van der Waals surface area contributed by atoms with Gasteiger partial charge in [-0.3, -0.25) is 0 Å². The first-order valence-electron chi connectivity index (χ1n) is 45.0. The van der Waals surface area contributed by atoms with E-state index in [4.69, 9.17) is 107 Å². The third kappa shape index (κ3) is 18.3. The highest BCUT2D eigenvalue weighted by Crippen LogP contribution is 2.47. The zero-order valence-electron chi connectivity index (χ0n) is 74.3. The lowest BCUT2D eigenvalue weighted by atomic mass is 10.1. The lowest BCUT2D eigenvalue weighted by Crippen LogP contribution is -2.38. The molecule has 138 heavy (non-hydrogen) atoms. The number of hydrogen-bond donors (Lipinski definition) is 12. The summed E-state index contributed by atoms with van der Waals surface area (Å²) < 4.78 is 0. The summed E-state index contributed by atoms with van der Waals surface area (Å²) in [4.78, 5) is 83.5. The van der Waals surface area contributed by atoms with E-state index >= 15 is 0 Å². The molecule has 36 nitrogen and oxygen atoms in total. The van der Waals surface area contributed by atoms with E-state index in [1.807, 2.05) is 7.05 Å². The molecule has 0 saturated carbocycles. The summed E-state index contributed by atoms with van der Waals surface area (Å²) in [5.74, 6) is 0. The number of likely N-dealkylation sites (N-methyl/N-ethyl adjacent to an activating group) is 2. The summed E-state index contributed by atoms with van der Waals surface area (Å²) in [6.45, 7) is 12.6. The normalized spacial score (nSPS) is 17.8. The Morgan fingerprint density at radius 1 is 0.319 bits per heavy atom. The van der Waals surface area contributed by atoms with Crippen LogP contribution in [0.3, 0.4) is 0 Å². The third-order valence-electron chi connectivity index (χ3n) is 25.9. The van der Waals surface area contributed by atoms with Gasteiger partial charge in [-0.2, -0.15) is 31.6 Å². The molecule has 0 radical (unpaired) electrons. The molecule has 5 atom stereocenters. The summed E-state index contributed by atoms with van der Waals surface area (Å²) in [7, 11) is 1.98. The number of rotatable bonds is 9. The lowest BCUT2D eigenvalue weighted by molar-refractivity contribution is 0.145. The second-order valence-corrected chi connectivity index (χ2v) is 37.0. The van der Waals surface area contributed by atoms with Gasteiger partial charge in [0, 0.05) is 129 Å². The Labute approximate surface area is 816 Å². The van der Waals surface area contributed by atoms with Crippen LogP contribution < -0.4 is 45.8 Å². The number of nitrogens with zero attached hydrogens (tertiary/aromatic N) is 24. The number of halogens is 6. The largest absolute Gasteiger partial charge is 0.393 e. The predicted octanol–water partition coefficient (Wildman–Crippen LogP) is 15.2. The molecule has 6 fully saturated rings. The van der Waals surface area contributed by atoms with Crippen molar-refractivity contribution in [3.05, 3.63) is 175 Å². The number of hydrogen-bond acceptors (Lipinski definition) is 30. The Morgan fingerprint density at radius 2 is 0.565 bits per heavy atom. The maximum Gasteiger partial charge on any atom is 0.141 e. The van der Waals surface area contributed by atoms with Crippen LogP contribution in [0.1, 0.15) is 98.9 Å². The number of β-amino-alcohol motifs (C(OH)–C–C–N with tert-alkyl or cyclic N) is 2. The summed E-state index contributed by atoms with van der Waals surface area (Å²) >= 11 is 38.7. The Kier molecular flexibility index (Phi) is 26.8. The fourth-order valence-corrected chi connectivity index (χ4v) is 21.1. The van der Waals surface area contributed by atoms with Gasteiger partial charge in [0.2, 0.25) is 0 Å². The first-order chi connectivity index (χ1) is 67.1. The minimum absolute atomic E-state index is 0.154. The molecular formula is C96H87Cl6N33O3. The fraction of sp³-hybridized carbons (Fsp3) is 0.312. The Hall–Kier alpha value is -14.2. The standard InChI is InChI=1S/C17H17ClN6.C16H15ClN6.3C16H14ClN5O.C15H13ClN6/c1-2-20-10-3-4-24(9-10)16-13(18)7-22-17-15(16)12-5-11(6-19)21-8-14(12)23-17;1-19-9-2-3-23(8-9)15-12(17)6-21-16-14(15)11-4-10(5-18)20-7-13(11)22-16;17-12-7-20-16-14(15(12)22-3-1-10(23)2-4-22)11-5-9(6-18)19-8-13(11)21-16;2*17-12-6-20-16-14(15(12)22-3-1-2-10(23)8-22)11-4-9(5-18)19-7-13(11)21-16;16-11-5-20-15-13(14(11)22-2-1-8(18)7-22)10-3-9(4-17)19-6-12(10)21-15/h5,7-8,10,20H,2-4,9H2,1H3,(H,22,23);4,6-7,9,19H,2-3,8H2,1H3,(H,21,22);5,7-8,10,23H,1-4H2,(H,20,21);2*4,6-7,10,23H,1-3,8H2,(H,20,21);3,5-6,8H,1-2,7,18H2,(H,20,21)/t10-;9-;;2*10-;8-/m00.100/s1. The maximum atomic E-state index is 9.99. The molecule has 6 saturated heterocycles. The highest BCUT2D eigenvalue weighted by Gasteiger charge is 2.34. The van der Waals surface area contributed by atoms with Crippen molar-refractivity contribution in [2.75, 3.05) is 122 Å². The quantitative estimate of drug-likeness (QED) is 0.0638. The average Bonchev–Trinajstić information content (AvgIpc) is 1.62. The number of pyridine rings is 12. The highest BCUT2D eigenvalue weighted by atomic mass is 35.5. The molecule has 6 aliphatic rings. The van der Waals surface area contributed by atoms with E-state index in [0.29, 0.717) is 114 Å². The molecule has 24 heterocycles. The van der Waals surface area contributed by atoms with Crippen molar-refractivity contribution in [2.45, 2.75) is 101 Å². The number of aliphatic hydroxyl groups is 3. The Balaban J connectivity index is 0.000000106. The summed E-state index contributed by atoms with van der Waals surface area (Å²) in [6.07, 6.45) is 26.8. The number of piperidine rings is 3. The molecule has 0 aliphatic carbocycles. The second-order valence-electron chi connectivity index (χ2n) is 34.6. The minimum atomic E-state index is -0.357. The molecule has 18 aromatic heterocycles. The van der Waals surface area contributed by atoms with Crippen molar-refractivity contribution in [3.8, 4) is 36.4 Å². The minimum Gasteiger partial charge on any atom is -0.393 e. The molecule has 0 aromatic carbocycles. The van der Waals surface area contributed by atoms with Crippen LogP contribution in [0.2, 0.25) is 30.1 Å². The number of fused-ring (bicyclic) bond motifs is 18. The molecule has 0 amide bonds. The third-order valence-corrected chi connectivity index (χ3v) is 27.6. The van der Waals surface area contributed by atoms with E-state index in [-0.39, 0.29) is 24.4 Å². The van der Waals surface area contributed by atoms with Gasteiger partial charge in [-0.15, -0.1) is 0 Å². The number of aliphatic hydroxyl groups excluding tert-OH is 3. The van der Waals surface area contributed by atoms with Crippen LogP contribution in [0, 0.1) is 68.0 Å². The van der Waals surface area contributed by atoms with E-state index < -0.39 is 0 Å². The smallest absolute Gasteiger partial charge is 0.141 e. The summed E-state index contributed by atoms with van der Waals surface area (Å²) in [5, 5.41) is 106. The van der Waals surface area contributed by atoms with E-state index in [1.165, 1.54) is 0 Å². The molecule has 0 spiro atoms. The summed E-state index contributed by atoms with van der Waals surface area (Å²) in [6, 6.07) is 24.1. The zero-order chi connectivity index (χ0) is 95.8. The number of H-pyrrole nitrogens is 6. The molecule has 6 aliphatic heterocycles. The highest BCUT2D eigenvalue weighted by molar-refractivity contribution is 6.39. The van der Waals surface area contributed by atoms with Crippen LogP contribution in [-0.2, 0) is 0 Å². The van der Waals surface area contributed by atoms with Crippen molar-refractivity contribution in [3.63, 3.8) is 0 Å². The number of nitrogens with one attached hydrogen (secondary N) is 8. The Morgan fingerprint density at radius 3 is 0.812 bits per heavy atom. The SMILES string of the molecule is CCN[C@H]1CCN(c2c(Cl)cnc3[nH]c4cnc(C#N)cc4c23)C1.CN[C@H]1CCN(c2c(Cl)cnc3[nH]c4cnc(C#N)cc4c23)C1.N#Cc1cc2c(cn1)[nH]c1ncc(Cl)c(N3CCC(O)CC3)c12.N#Cc1cc2c(cn1)[nH]c1ncc(Cl)c(N3CCC[C@@H](O)C3)c12.N#Cc1cc2c(cn1)[nH]c1ncc(Cl)c(N3CCC[C@H](O)C3)c12.N#Cc1cc2c(cn1)[nH]c1ncc(Cl)c(N3CC[C@H](N)C3)c12. The van der Waals surface area contributed by atoms with Crippen molar-refractivity contribution >= 4 is 235 Å². The van der Waals surface area contributed by atoms with Gasteiger partial charge in [-0.25, -0.2) is 59.8 Å².